The second-order valence-electron chi connectivity index (χ2n) is 5.10. The Morgan fingerprint density at radius 3 is 2.72 bits per heavy atom. The first-order valence-electron chi connectivity index (χ1n) is 6.36. The third-order valence-electron chi connectivity index (χ3n) is 3.83. The fourth-order valence-electron chi connectivity index (χ4n) is 2.29. The van der Waals surface area contributed by atoms with Gasteiger partial charge in [0.1, 0.15) is 0 Å². The van der Waals surface area contributed by atoms with Crippen molar-refractivity contribution in [1.29, 1.82) is 0 Å². The van der Waals surface area contributed by atoms with Crippen molar-refractivity contribution in [3.05, 3.63) is 29.1 Å². The molecule has 1 aliphatic carbocycles. The molecule has 2 N–H and O–H groups in total. The van der Waals surface area contributed by atoms with Gasteiger partial charge in [0.2, 0.25) is 0 Å². The number of hydrogen-bond acceptors (Lipinski definition) is 4. The van der Waals surface area contributed by atoms with Crippen molar-refractivity contribution in [2.45, 2.75) is 39.0 Å². The van der Waals surface area contributed by atoms with Crippen LogP contribution in [0.1, 0.15) is 42.1 Å². The van der Waals surface area contributed by atoms with E-state index in [2.05, 4.69) is 17.1 Å². The lowest BCUT2D eigenvalue weighted by Crippen LogP contribution is -2.10. The van der Waals surface area contributed by atoms with Crippen LogP contribution >= 0.6 is 0 Å². The first kappa shape index (κ1) is 11.3. The molecule has 1 aromatic carbocycles. The molecular weight excluding hydrogens is 226 g/mol. The summed E-state index contributed by atoms with van der Waals surface area (Å²) in [5.41, 5.74) is 9.86. The lowest BCUT2D eigenvalue weighted by atomic mass is 9.85. The standard InChI is InChI=1S/C14H17N3O/c1-8-6-11(15)7-12(9(8)2)14-16-13(17-18-14)10-4-3-5-10/h6-7,10H,3-5,15H2,1-2H3. The fraction of sp³-hybridized carbons (Fsp3) is 0.429. The average molecular weight is 243 g/mol. The van der Waals surface area contributed by atoms with E-state index in [4.69, 9.17) is 10.3 Å². The van der Waals surface area contributed by atoms with E-state index in [0.29, 0.717) is 11.8 Å². The maximum Gasteiger partial charge on any atom is 0.258 e. The lowest BCUT2D eigenvalue weighted by molar-refractivity contribution is 0.366. The number of benzene rings is 1. The number of rotatable bonds is 2. The summed E-state index contributed by atoms with van der Waals surface area (Å²) in [6.07, 6.45) is 3.62. The number of anilines is 1. The third-order valence-corrected chi connectivity index (χ3v) is 3.83. The molecule has 4 heteroatoms. The van der Waals surface area contributed by atoms with Gasteiger partial charge in [0.05, 0.1) is 0 Å². The second kappa shape index (κ2) is 4.12. The van der Waals surface area contributed by atoms with E-state index in [0.717, 1.165) is 28.2 Å². The minimum Gasteiger partial charge on any atom is -0.399 e. The summed E-state index contributed by atoms with van der Waals surface area (Å²) in [6.45, 7) is 4.09. The zero-order valence-corrected chi connectivity index (χ0v) is 10.7. The van der Waals surface area contributed by atoms with E-state index < -0.39 is 0 Å². The molecule has 3 rings (SSSR count). The molecule has 0 bridgehead atoms. The van der Waals surface area contributed by atoms with E-state index >= 15 is 0 Å². The summed E-state index contributed by atoms with van der Waals surface area (Å²) in [4.78, 5) is 4.51. The van der Waals surface area contributed by atoms with Gasteiger partial charge in [-0.15, -0.1) is 0 Å². The molecule has 2 aromatic rings. The summed E-state index contributed by atoms with van der Waals surface area (Å²) in [7, 11) is 0. The van der Waals surface area contributed by atoms with Crippen LogP contribution in [0.25, 0.3) is 11.5 Å². The molecule has 0 aliphatic heterocycles. The van der Waals surface area contributed by atoms with Crippen molar-refractivity contribution in [1.82, 2.24) is 10.1 Å². The Morgan fingerprint density at radius 2 is 2.06 bits per heavy atom. The quantitative estimate of drug-likeness (QED) is 0.822. The van der Waals surface area contributed by atoms with Gasteiger partial charge in [0.25, 0.3) is 5.89 Å². The Labute approximate surface area is 106 Å². The molecule has 1 aromatic heterocycles. The van der Waals surface area contributed by atoms with Gasteiger partial charge >= 0.3 is 0 Å². The van der Waals surface area contributed by atoms with Crippen LogP contribution in [0.4, 0.5) is 5.69 Å². The van der Waals surface area contributed by atoms with Crippen molar-refractivity contribution < 1.29 is 4.52 Å². The van der Waals surface area contributed by atoms with Crippen molar-refractivity contribution >= 4 is 5.69 Å². The van der Waals surface area contributed by atoms with Gasteiger partial charge < -0.3 is 10.3 Å². The Hall–Kier alpha value is -1.84. The molecule has 1 heterocycles. The first-order chi connectivity index (χ1) is 8.65. The highest BCUT2D eigenvalue weighted by molar-refractivity contribution is 5.66. The molecule has 0 amide bonds. The smallest absolute Gasteiger partial charge is 0.258 e. The highest BCUT2D eigenvalue weighted by Crippen LogP contribution is 2.36. The average Bonchev–Trinajstić information content (AvgIpc) is 2.70. The summed E-state index contributed by atoms with van der Waals surface area (Å²) in [6, 6.07) is 3.86. The van der Waals surface area contributed by atoms with E-state index in [1.54, 1.807) is 0 Å². The van der Waals surface area contributed by atoms with Crippen molar-refractivity contribution in [2.24, 2.45) is 0 Å². The number of nitrogens with two attached hydrogens (primary N) is 1. The van der Waals surface area contributed by atoms with Crippen LogP contribution in [0.2, 0.25) is 0 Å². The number of hydrogen-bond donors (Lipinski definition) is 1. The van der Waals surface area contributed by atoms with Gasteiger partial charge in [-0.1, -0.05) is 11.6 Å². The summed E-state index contributed by atoms with van der Waals surface area (Å²) in [5, 5.41) is 4.09. The minimum absolute atomic E-state index is 0.491. The van der Waals surface area contributed by atoms with Gasteiger partial charge in [-0.25, -0.2) is 0 Å². The molecule has 1 saturated carbocycles. The van der Waals surface area contributed by atoms with Crippen LogP contribution < -0.4 is 5.73 Å². The molecule has 18 heavy (non-hydrogen) atoms. The highest BCUT2D eigenvalue weighted by Gasteiger charge is 2.25. The van der Waals surface area contributed by atoms with Gasteiger partial charge in [0, 0.05) is 17.2 Å². The van der Waals surface area contributed by atoms with Crippen LogP contribution in [-0.2, 0) is 0 Å². The summed E-state index contributed by atoms with van der Waals surface area (Å²) < 4.78 is 5.38. The molecule has 0 spiro atoms. The van der Waals surface area contributed by atoms with Gasteiger partial charge in [-0.2, -0.15) is 4.98 Å². The minimum atomic E-state index is 0.491. The van der Waals surface area contributed by atoms with Crippen LogP contribution in [0.5, 0.6) is 0 Å². The zero-order valence-electron chi connectivity index (χ0n) is 10.7. The van der Waals surface area contributed by atoms with Crippen LogP contribution in [0.3, 0.4) is 0 Å². The molecule has 1 fully saturated rings. The Bertz CT molecular complexity index is 585. The lowest BCUT2D eigenvalue weighted by Gasteiger charge is -2.20. The van der Waals surface area contributed by atoms with E-state index in [1.165, 1.54) is 19.3 Å². The maximum atomic E-state index is 5.88. The Kier molecular flexibility index (Phi) is 2.58. The highest BCUT2D eigenvalue weighted by atomic mass is 16.5. The molecule has 1 aliphatic rings. The molecule has 0 saturated heterocycles. The van der Waals surface area contributed by atoms with E-state index in [1.807, 2.05) is 19.1 Å². The largest absolute Gasteiger partial charge is 0.399 e. The maximum absolute atomic E-state index is 5.88. The number of nitrogens with zero attached hydrogens (tertiary/aromatic N) is 2. The second-order valence-corrected chi connectivity index (χ2v) is 5.10. The number of aryl methyl sites for hydroxylation is 1. The van der Waals surface area contributed by atoms with Gasteiger partial charge in [-0.3, -0.25) is 0 Å². The molecule has 4 nitrogen and oxygen atoms in total. The predicted molar refractivity (Wildman–Crippen MR) is 70.2 cm³/mol. The Morgan fingerprint density at radius 1 is 1.28 bits per heavy atom. The van der Waals surface area contributed by atoms with Crippen molar-refractivity contribution in [3.63, 3.8) is 0 Å². The van der Waals surface area contributed by atoms with E-state index in [9.17, 15) is 0 Å². The van der Waals surface area contributed by atoms with Crippen LogP contribution in [0.15, 0.2) is 16.7 Å². The third kappa shape index (κ3) is 1.78. The number of nitrogen functional groups attached to an aromatic ring is 1. The Balaban J connectivity index is 2.01. The first-order valence-corrected chi connectivity index (χ1v) is 6.36. The molecule has 0 radical (unpaired) electrons. The topological polar surface area (TPSA) is 64.9 Å². The summed E-state index contributed by atoms with van der Waals surface area (Å²) >= 11 is 0. The van der Waals surface area contributed by atoms with Crippen LogP contribution in [-0.4, -0.2) is 10.1 Å². The SMILES string of the molecule is Cc1cc(N)cc(-c2nc(C3CCC3)no2)c1C. The van der Waals surface area contributed by atoms with Crippen molar-refractivity contribution in [3.8, 4) is 11.5 Å². The monoisotopic (exact) mass is 243 g/mol. The zero-order chi connectivity index (χ0) is 12.7. The van der Waals surface area contributed by atoms with E-state index in [-0.39, 0.29) is 0 Å². The summed E-state index contributed by atoms with van der Waals surface area (Å²) in [5.74, 6) is 1.92. The van der Waals surface area contributed by atoms with Gasteiger partial charge in [-0.05, 0) is 49.9 Å². The number of aromatic nitrogens is 2. The van der Waals surface area contributed by atoms with Crippen molar-refractivity contribution in [2.75, 3.05) is 5.73 Å². The predicted octanol–water partition coefficient (Wildman–Crippen LogP) is 3.20. The van der Waals surface area contributed by atoms with Crippen LogP contribution in [0, 0.1) is 13.8 Å². The van der Waals surface area contributed by atoms with Gasteiger partial charge in [0.15, 0.2) is 5.82 Å². The molecule has 0 atom stereocenters. The molecule has 0 unspecified atom stereocenters. The fourth-order valence-corrected chi connectivity index (χ4v) is 2.29. The molecular formula is C14H17N3O. The molecule has 94 valence electrons. The normalized spacial score (nSPS) is 15.7.